The number of hydrogen-bond acceptors (Lipinski definition) is 6. The van der Waals surface area contributed by atoms with E-state index in [9.17, 15) is 19.2 Å². The highest BCUT2D eigenvalue weighted by Crippen LogP contribution is 2.16. The molecule has 1 aliphatic heterocycles. The Morgan fingerprint density at radius 2 is 1.80 bits per heavy atom. The Balaban J connectivity index is 1.40. The van der Waals surface area contributed by atoms with Crippen molar-refractivity contribution in [1.29, 1.82) is 0 Å². The van der Waals surface area contributed by atoms with Crippen molar-refractivity contribution in [3.63, 3.8) is 0 Å². The van der Waals surface area contributed by atoms with Crippen LogP contribution in [0.3, 0.4) is 0 Å². The van der Waals surface area contributed by atoms with Crippen molar-refractivity contribution in [3.05, 3.63) is 127 Å². The maximum Gasteiger partial charge on any atom is 0.331 e. The Bertz CT molecular complexity index is 1920. The molecule has 208 valence electrons. The van der Waals surface area contributed by atoms with E-state index in [2.05, 4.69) is 10.3 Å². The zero-order valence-electron chi connectivity index (χ0n) is 22.4. The van der Waals surface area contributed by atoms with Gasteiger partial charge in [0, 0.05) is 31.0 Å². The molecule has 1 saturated heterocycles. The molecule has 0 spiro atoms. The summed E-state index contributed by atoms with van der Waals surface area (Å²) in [7, 11) is 0. The number of pyridine rings is 1. The molecular formula is C31H29N5O5. The summed E-state index contributed by atoms with van der Waals surface area (Å²) < 4.78 is 9.72. The summed E-state index contributed by atoms with van der Waals surface area (Å²) in [6.07, 6.45) is 3.69. The van der Waals surface area contributed by atoms with E-state index in [0.29, 0.717) is 47.4 Å². The van der Waals surface area contributed by atoms with Crippen molar-refractivity contribution in [2.75, 3.05) is 13.2 Å². The lowest BCUT2D eigenvalue weighted by Crippen LogP contribution is -2.43. The van der Waals surface area contributed by atoms with Crippen LogP contribution in [0.4, 0.5) is 0 Å². The van der Waals surface area contributed by atoms with Gasteiger partial charge in [0.05, 0.1) is 35.8 Å². The van der Waals surface area contributed by atoms with Gasteiger partial charge >= 0.3 is 5.69 Å². The molecule has 0 unspecified atom stereocenters. The molecule has 10 nitrogen and oxygen atoms in total. The van der Waals surface area contributed by atoms with Gasteiger partial charge in [0.1, 0.15) is 5.65 Å². The number of amides is 1. The van der Waals surface area contributed by atoms with Gasteiger partial charge in [0.25, 0.3) is 17.0 Å². The number of benzene rings is 2. The molecule has 1 amide bonds. The van der Waals surface area contributed by atoms with Gasteiger partial charge in [-0.15, -0.1) is 0 Å². The third kappa shape index (κ3) is 5.46. The molecule has 0 bridgehead atoms. The fourth-order valence-electron chi connectivity index (χ4n) is 5.28. The fraction of sp³-hybridized carbons (Fsp3) is 0.258. The van der Waals surface area contributed by atoms with Crippen molar-refractivity contribution in [1.82, 2.24) is 23.8 Å². The quantitative estimate of drug-likeness (QED) is 0.317. The third-order valence-corrected chi connectivity index (χ3v) is 7.38. The van der Waals surface area contributed by atoms with E-state index >= 15 is 0 Å². The number of rotatable bonds is 8. The van der Waals surface area contributed by atoms with E-state index < -0.39 is 11.2 Å². The summed E-state index contributed by atoms with van der Waals surface area (Å²) in [4.78, 5) is 57.7. The number of fused-ring (bicyclic) bond motifs is 2. The Labute approximate surface area is 234 Å². The van der Waals surface area contributed by atoms with E-state index in [1.54, 1.807) is 42.6 Å². The summed E-state index contributed by atoms with van der Waals surface area (Å²) >= 11 is 0. The van der Waals surface area contributed by atoms with Gasteiger partial charge in [-0.2, -0.15) is 0 Å². The second kappa shape index (κ2) is 11.3. The Morgan fingerprint density at radius 1 is 0.976 bits per heavy atom. The van der Waals surface area contributed by atoms with Crippen LogP contribution >= 0.6 is 0 Å². The van der Waals surface area contributed by atoms with Crippen LogP contribution in [0.25, 0.3) is 16.6 Å². The van der Waals surface area contributed by atoms with E-state index in [4.69, 9.17) is 4.74 Å². The third-order valence-electron chi connectivity index (χ3n) is 7.38. The zero-order chi connectivity index (χ0) is 28.3. The van der Waals surface area contributed by atoms with Gasteiger partial charge in [-0.3, -0.25) is 27.9 Å². The molecule has 6 rings (SSSR count). The molecule has 0 saturated carbocycles. The normalized spacial score (nSPS) is 15.0. The van der Waals surface area contributed by atoms with E-state index in [-0.39, 0.29) is 30.7 Å². The van der Waals surface area contributed by atoms with Gasteiger partial charge < -0.3 is 10.1 Å². The largest absolute Gasteiger partial charge is 0.376 e. The fourth-order valence-corrected chi connectivity index (χ4v) is 5.28. The molecule has 1 N–H and O–H groups in total. The topological polar surface area (TPSA) is 117 Å². The number of aromatic nitrogens is 4. The average molecular weight is 552 g/mol. The highest BCUT2D eigenvalue weighted by molar-refractivity contribution is 5.97. The SMILES string of the molecule is O=C(NCCc1ccccc1)c1ccc2c(=O)n(C[C@H]3CCCO3)c(=O)n(Cc3cc(=O)n4ccccc4n3)c2c1. The van der Waals surface area contributed by atoms with Crippen LogP contribution in [0, 0.1) is 0 Å². The second-order valence-electron chi connectivity index (χ2n) is 10.2. The highest BCUT2D eigenvalue weighted by Gasteiger charge is 2.22. The van der Waals surface area contributed by atoms with E-state index in [1.807, 2.05) is 30.3 Å². The molecule has 5 aromatic rings. The predicted molar refractivity (Wildman–Crippen MR) is 154 cm³/mol. The first-order valence-electron chi connectivity index (χ1n) is 13.7. The smallest absolute Gasteiger partial charge is 0.331 e. The lowest BCUT2D eigenvalue weighted by atomic mass is 10.1. The molecule has 3 aromatic heterocycles. The number of ether oxygens (including phenoxy) is 1. The zero-order valence-corrected chi connectivity index (χ0v) is 22.4. The maximum absolute atomic E-state index is 13.8. The average Bonchev–Trinajstić information content (AvgIpc) is 3.51. The monoisotopic (exact) mass is 551 g/mol. The van der Waals surface area contributed by atoms with Crippen LogP contribution in [-0.4, -0.2) is 43.7 Å². The first kappa shape index (κ1) is 26.4. The number of hydrogen-bond donors (Lipinski definition) is 1. The van der Waals surface area contributed by atoms with E-state index in [1.165, 1.54) is 19.6 Å². The summed E-state index contributed by atoms with van der Waals surface area (Å²) in [6.45, 7) is 1.10. The molecule has 0 aliphatic carbocycles. The number of nitrogens with one attached hydrogen (secondary N) is 1. The summed E-state index contributed by atoms with van der Waals surface area (Å²) in [5, 5.41) is 3.21. The summed E-state index contributed by atoms with van der Waals surface area (Å²) in [5.74, 6) is -0.313. The number of carbonyl (C=O) groups excluding carboxylic acids is 1. The first-order chi connectivity index (χ1) is 20.0. The minimum atomic E-state index is -0.547. The van der Waals surface area contributed by atoms with Gasteiger partial charge in [0.2, 0.25) is 0 Å². The Hall–Kier alpha value is -4.83. The molecule has 0 radical (unpaired) electrons. The van der Waals surface area contributed by atoms with Crippen molar-refractivity contribution in [2.45, 2.75) is 38.5 Å². The first-order valence-corrected chi connectivity index (χ1v) is 13.7. The summed E-state index contributed by atoms with van der Waals surface area (Å²) in [5.41, 5.74) is 1.26. The minimum absolute atomic E-state index is 0.0547. The van der Waals surface area contributed by atoms with E-state index in [0.717, 1.165) is 18.4 Å². The second-order valence-corrected chi connectivity index (χ2v) is 10.2. The molecule has 4 heterocycles. The number of nitrogens with zero attached hydrogens (tertiary/aromatic N) is 4. The molecule has 10 heteroatoms. The lowest BCUT2D eigenvalue weighted by Gasteiger charge is -2.17. The lowest BCUT2D eigenvalue weighted by molar-refractivity contribution is 0.0948. The summed E-state index contributed by atoms with van der Waals surface area (Å²) in [6, 6.07) is 21.2. The molecule has 1 aliphatic rings. The minimum Gasteiger partial charge on any atom is -0.376 e. The van der Waals surface area contributed by atoms with Gasteiger partial charge in [-0.05, 0) is 55.2 Å². The van der Waals surface area contributed by atoms with Crippen LogP contribution in [0.2, 0.25) is 0 Å². The predicted octanol–water partition coefficient (Wildman–Crippen LogP) is 2.37. The standard InChI is InChI=1S/C31H29N5O5/c37-28-18-23(33-27-10-4-5-15-34(27)28)19-35-26-17-22(29(38)32-14-13-21-7-2-1-3-8-21)11-12-25(26)30(39)36(31(35)40)20-24-9-6-16-41-24/h1-5,7-8,10-12,15,17-18,24H,6,9,13-14,16,19-20H2,(H,32,38)/t24-/m1/s1. The van der Waals surface area contributed by atoms with Crippen molar-refractivity contribution < 1.29 is 9.53 Å². The van der Waals surface area contributed by atoms with Gasteiger partial charge in [-0.1, -0.05) is 36.4 Å². The molecule has 41 heavy (non-hydrogen) atoms. The van der Waals surface area contributed by atoms with Gasteiger partial charge in [0.15, 0.2) is 0 Å². The molecule has 2 aromatic carbocycles. The van der Waals surface area contributed by atoms with Gasteiger partial charge in [-0.25, -0.2) is 9.78 Å². The molecule has 1 fully saturated rings. The number of carbonyl (C=O) groups is 1. The Morgan fingerprint density at radius 3 is 2.61 bits per heavy atom. The van der Waals surface area contributed by atoms with Crippen LogP contribution in [0.1, 0.15) is 34.5 Å². The van der Waals surface area contributed by atoms with Crippen molar-refractivity contribution >= 4 is 22.5 Å². The van der Waals surface area contributed by atoms with Crippen LogP contribution in [0.15, 0.2) is 93.4 Å². The van der Waals surface area contributed by atoms with Crippen LogP contribution < -0.4 is 22.1 Å². The highest BCUT2D eigenvalue weighted by atomic mass is 16.5. The van der Waals surface area contributed by atoms with Crippen molar-refractivity contribution in [3.8, 4) is 0 Å². The molecular weight excluding hydrogens is 522 g/mol. The van der Waals surface area contributed by atoms with Crippen LogP contribution in [-0.2, 0) is 24.2 Å². The van der Waals surface area contributed by atoms with Crippen molar-refractivity contribution in [2.24, 2.45) is 0 Å². The maximum atomic E-state index is 13.8. The molecule has 1 atom stereocenters. The van der Waals surface area contributed by atoms with Crippen LogP contribution in [0.5, 0.6) is 0 Å². The Kier molecular flexibility index (Phi) is 7.30.